The number of carbonyl (C=O) groups is 1. The van der Waals surface area contributed by atoms with Crippen molar-refractivity contribution in [2.24, 2.45) is 0 Å². The van der Waals surface area contributed by atoms with Crippen LogP contribution < -0.4 is 5.32 Å². The molecule has 28 heavy (non-hydrogen) atoms. The van der Waals surface area contributed by atoms with Gasteiger partial charge >= 0.3 is 0 Å². The Hall–Kier alpha value is -3.44. The summed E-state index contributed by atoms with van der Waals surface area (Å²) in [6.45, 7) is 0. The second kappa shape index (κ2) is 6.62. The smallest absolute Gasteiger partial charge is 0.230 e. The molecule has 1 amide bonds. The fourth-order valence-corrected chi connectivity index (χ4v) is 3.63. The minimum absolute atomic E-state index is 0.0513. The molecule has 0 aliphatic carbocycles. The van der Waals surface area contributed by atoms with Gasteiger partial charge in [0.15, 0.2) is 0 Å². The van der Waals surface area contributed by atoms with Crippen LogP contribution >= 0.6 is 11.6 Å². The van der Waals surface area contributed by atoms with Crippen molar-refractivity contribution in [1.82, 2.24) is 14.8 Å². The molecule has 0 atom stereocenters. The summed E-state index contributed by atoms with van der Waals surface area (Å²) in [5.74, 6) is -0.0513. The van der Waals surface area contributed by atoms with Gasteiger partial charge in [-0.3, -0.25) is 4.79 Å². The summed E-state index contributed by atoms with van der Waals surface area (Å²) in [5, 5.41) is 7.54. The topological polar surface area (TPSA) is 59.8 Å². The molecular formula is C22H15ClN4O. The predicted octanol–water partition coefficient (Wildman–Crippen LogP) is 4.75. The summed E-state index contributed by atoms with van der Waals surface area (Å²) in [4.78, 5) is 16.2. The Morgan fingerprint density at radius 2 is 1.64 bits per heavy atom. The Labute approximate surface area is 166 Å². The molecule has 0 unspecified atom stereocenters. The molecule has 0 radical (unpaired) electrons. The van der Waals surface area contributed by atoms with Crippen molar-refractivity contribution >= 4 is 23.2 Å². The highest BCUT2D eigenvalue weighted by molar-refractivity contribution is 6.33. The summed E-state index contributed by atoms with van der Waals surface area (Å²) >= 11 is 6.39. The molecule has 2 aromatic heterocycles. The van der Waals surface area contributed by atoms with Gasteiger partial charge in [-0.2, -0.15) is 5.10 Å². The van der Waals surface area contributed by atoms with Gasteiger partial charge in [-0.1, -0.05) is 48.0 Å². The Balaban J connectivity index is 1.44. The molecule has 6 heteroatoms. The zero-order chi connectivity index (χ0) is 19.1. The number of halogens is 1. The fraction of sp³-hybridized carbons (Fsp3) is 0.0455. The zero-order valence-electron chi connectivity index (χ0n) is 14.8. The normalized spacial score (nSPS) is 12.7. The zero-order valence-corrected chi connectivity index (χ0v) is 15.5. The Bertz CT molecular complexity index is 1170. The summed E-state index contributed by atoms with van der Waals surface area (Å²) in [6.07, 6.45) is 3.97. The molecule has 1 N–H and O–H groups in total. The first kappa shape index (κ1) is 16.7. The molecule has 0 saturated heterocycles. The first-order valence-electron chi connectivity index (χ1n) is 8.87. The maximum Gasteiger partial charge on any atom is 0.230 e. The number of pyridine rings is 1. The molecule has 0 bridgehead atoms. The number of nitrogens with zero attached hydrogens (tertiary/aromatic N) is 3. The van der Waals surface area contributed by atoms with Crippen LogP contribution in [-0.2, 0) is 11.2 Å². The van der Waals surface area contributed by atoms with E-state index in [0.29, 0.717) is 22.8 Å². The van der Waals surface area contributed by atoms with E-state index in [2.05, 4.69) is 27.5 Å². The van der Waals surface area contributed by atoms with E-state index in [0.717, 1.165) is 28.1 Å². The molecule has 2 aromatic carbocycles. The van der Waals surface area contributed by atoms with Crippen molar-refractivity contribution in [1.29, 1.82) is 0 Å². The highest BCUT2D eigenvalue weighted by Crippen LogP contribution is 2.33. The number of amides is 1. The van der Waals surface area contributed by atoms with Crippen LogP contribution in [0.3, 0.4) is 0 Å². The Morgan fingerprint density at radius 3 is 2.32 bits per heavy atom. The minimum atomic E-state index is -0.0513. The average Bonchev–Trinajstić information content (AvgIpc) is 3.37. The second-order valence-electron chi connectivity index (χ2n) is 6.61. The number of anilines is 1. The van der Waals surface area contributed by atoms with Crippen LogP contribution in [0.1, 0.15) is 5.69 Å². The molecule has 1 aliphatic heterocycles. The van der Waals surface area contributed by atoms with E-state index >= 15 is 0 Å². The van der Waals surface area contributed by atoms with Crippen LogP contribution in [0.25, 0.3) is 28.1 Å². The van der Waals surface area contributed by atoms with Crippen LogP contribution in [0.15, 0.2) is 73.1 Å². The summed E-state index contributed by atoms with van der Waals surface area (Å²) in [7, 11) is 0. The van der Waals surface area contributed by atoms with Gasteiger partial charge in [-0.05, 0) is 35.4 Å². The highest BCUT2D eigenvalue weighted by Gasteiger charge is 2.21. The molecule has 3 heterocycles. The lowest BCUT2D eigenvalue weighted by Gasteiger charge is -2.09. The van der Waals surface area contributed by atoms with Gasteiger partial charge in [0.2, 0.25) is 5.91 Å². The van der Waals surface area contributed by atoms with E-state index in [1.807, 2.05) is 53.3 Å². The lowest BCUT2D eigenvalue weighted by atomic mass is 10.0. The maximum absolute atomic E-state index is 11.6. The summed E-state index contributed by atoms with van der Waals surface area (Å²) in [5.41, 5.74) is 6.29. The Morgan fingerprint density at radius 1 is 0.964 bits per heavy atom. The highest BCUT2D eigenvalue weighted by atomic mass is 35.5. The molecule has 0 spiro atoms. The number of carbonyl (C=O) groups excluding carboxylic acids is 1. The SMILES string of the molecule is O=C1Cc2nc(-c3ccc(-c4ccc(-n5cccn5)cc4)cc3)c(Cl)cc2N1. The molecule has 0 fully saturated rings. The third kappa shape index (κ3) is 2.96. The van der Waals surface area contributed by atoms with Crippen molar-refractivity contribution in [2.45, 2.75) is 6.42 Å². The fourth-order valence-electron chi connectivity index (χ4n) is 3.37. The minimum Gasteiger partial charge on any atom is -0.324 e. The summed E-state index contributed by atoms with van der Waals surface area (Å²) < 4.78 is 1.83. The summed E-state index contributed by atoms with van der Waals surface area (Å²) in [6, 6.07) is 20.0. The predicted molar refractivity (Wildman–Crippen MR) is 110 cm³/mol. The van der Waals surface area contributed by atoms with Crippen molar-refractivity contribution in [3.05, 3.63) is 83.8 Å². The third-order valence-electron chi connectivity index (χ3n) is 4.78. The van der Waals surface area contributed by atoms with E-state index in [-0.39, 0.29) is 5.91 Å². The molecule has 0 saturated carbocycles. The molecule has 5 rings (SSSR count). The van der Waals surface area contributed by atoms with Gasteiger partial charge in [-0.25, -0.2) is 9.67 Å². The number of hydrogen-bond acceptors (Lipinski definition) is 3. The van der Waals surface area contributed by atoms with Crippen molar-refractivity contribution in [2.75, 3.05) is 5.32 Å². The number of aromatic nitrogens is 3. The maximum atomic E-state index is 11.6. The molecule has 136 valence electrons. The Kier molecular flexibility index (Phi) is 3.95. The first-order chi connectivity index (χ1) is 13.7. The molecular weight excluding hydrogens is 372 g/mol. The van der Waals surface area contributed by atoms with E-state index in [1.54, 1.807) is 12.3 Å². The van der Waals surface area contributed by atoms with Gasteiger partial charge in [0.1, 0.15) is 0 Å². The van der Waals surface area contributed by atoms with Crippen molar-refractivity contribution in [3.63, 3.8) is 0 Å². The van der Waals surface area contributed by atoms with Crippen LogP contribution in [-0.4, -0.2) is 20.7 Å². The van der Waals surface area contributed by atoms with Crippen molar-refractivity contribution in [3.8, 4) is 28.1 Å². The first-order valence-corrected chi connectivity index (χ1v) is 9.25. The number of benzene rings is 2. The number of fused-ring (bicyclic) bond motifs is 1. The largest absolute Gasteiger partial charge is 0.324 e. The number of nitrogens with one attached hydrogen (secondary N) is 1. The van der Waals surface area contributed by atoms with E-state index in [1.165, 1.54) is 0 Å². The van der Waals surface area contributed by atoms with Gasteiger partial charge in [0, 0.05) is 18.0 Å². The standard InChI is InChI=1S/C22H15ClN4O/c23-18-12-19-20(13-21(28)25-19)26-22(18)16-4-2-14(3-5-16)15-6-8-17(9-7-15)27-11-1-10-24-27/h1-12H,13H2,(H,25,28). The monoisotopic (exact) mass is 386 g/mol. The molecule has 4 aromatic rings. The second-order valence-corrected chi connectivity index (χ2v) is 7.02. The average molecular weight is 387 g/mol. The van der Waals surface area contributed by atoms with Crippen LogP contribution in [0, 0.1) is 0 Å². The van der Waals surface area contributed by atoms with Gasteiger partial charge in [-0.15, -0.1) is 0 Å². The van der Waals surface area contributed by atoms with Crippen LogP contribution in [0.4, 0.5) is 5.69 Å². The lowest BCUT2D eigenvalue weighted by Crippen LogP contribution is -2.03. The van der Waals surface area contributed by atoms with Gasteiger partial charge in [0.25, 0.3) is 0 Å². The lowest BCUT2D eigenvalue weighted by molar-refractivity contribution is -0.115. The quantitative estimate of drug-likeness (QED) is 0.552. The third-order valence-corrected chi connectivity index (χ3v) is 5.07. The van der Waals surface area contributed by atoms with E-state index in [9.17, 15) is 4.79 Å². The van der Waals surface area contributed by atoms with Crippen molar-refractivity contribution < 1.29 is 4.79 Å². The van der Waals surface area contributed by atoms with Crippen LogP contribution in [0.2, 0.25) is 5.02 Å². The van der Waals surface area contributed by atoms with Crippen LogP contribution in [0.5, 0.6) is 0 Å². The number of hydrogen-bond donors (Lipinski definition) is 1. The molecule has 5 nitrogen and oxygen atoms in total. The number of rotatable bonds is 3. The van der Waals surface area contributed by atoms with E-state index < -0.39 is 0 Å². The van der Waals surface area contributed by atoms with Gasteiger partial charge < -0.3 is 5.32 Å². The molecule has 1 aliphatic rings. The van der Waals surface area contributed by atoms with Gasteiger partial charge in [0.05, 0.1) is 34.2 Å². The van der Waals surface area contributed by atoms with E-state index in [4.69, 9.17) is 11.6 Å².